The van der Waals surface area contributed by atoms with Gasteiger partial charge < -0.3 is 30.5 Å². The summed E-state index contributed by atoms with van der Waals surface area (Å²) in [6.07, 6.45) is 4.79. The third kappa shape index (κ3) is 8.23. The van der Waals surface area contributed by atoms with Gasteiger partial charge in [-0.1, -0.05) is 13.0 Å². The smallest absolute Gasteiger partial charge is 0.270 e. The molecule has 48 heavy (non-hydrogen) atoms. The summed E-state index contributed by atoms with van der Waals surface area (Å²) in [5, 5.41) is 12.8. The lowest BCUT2D eigenvalue weighted by Gasteiger charge is -2.36. The van der Waals surface area contributed by atoms with Crippen LogP contribution in [0.4, 0.5) is 10.1 Å². The minimum Gasteiger partial charge on any atom is -0.372 e. The van der Waals surface area contributed by atoms with Crippen molar-refractivity contribution in [2.45, 2.75) is 83.5 Å². The average molecular weight is 668 g/mol. The molecule has 3 N–H and O–H groups in total. The molecule has 4 amide bonds. The number of ether oxygens (including phenoxy) is 1. The maximum Gasteiger partial charge on any atom is 0.270 e. The monoisotopic (exact) mass is 667 g/mol. The Kier molecular flexibility index (Phi) is 11.2. The molecule has 1 aromatic carbocycles. The van der Waals surface area contributed by atoms with Gasteiger partial charge in [-0.2, -0.15) is 5.10 Å². The summed E-state index contributed by atoms with van der Waals surface area (Å²) in [6.45, 7) is 9.69. The van der Waals surface area contributed by atoms with Gasteiger partial charge in [0, 0.05) is 51.4 Å². The fraction of sp³-hybridized carbons (Fsp3) is 0.629. The Bertz CT molecular complexity index is 1470. The van der Waals surface area contributed by atoms with Crippen LogP contribution in [-0.4, -0.2) is 102 Å². The largest absolute Gasteiger partial charge is 0.372 e. The summed E-state index contributed by atoms with van der Waals surface area (Å²) in [5.74, 6) is -2.16. The summed E-state index contributed by atoms with van der Waals surface area (Å²) in [5.41, 5.74) is 0.834. The summed E-state index contributed by atoms with van der Waals surface area (Å²) < 4.78 is 22.6. The van der Waals surface area contributed by atoms with Crippen LogP contribution in [0.15, 0.2) is 30.5 Å². The van der Waals surface area contributed by atoms with Crippen molar-refractivity contribution in [2.24, 2.45) is 17.8 Å². The van der Waals surface area contributed by atoms with Crippen molar-refractivity contribution in [3.05, 3.63) is 47.5 Å². The molecule has 5 rings (SSSR count). The fourth-order valence-electron chi connectivity index (χ4n) is 6.67. The molecular formula is C35H50FN7O5. The number of amides is 4. The van der Waals surface area contributed by atoms with E-state index in [0.29, 0.717) is 49.3 Å². The third-order valence-electron chi connectivity index (χ3n) is 10.1. The topological polar surface area (TPSA) is 138 Å². The van der Waals surface area contributed by atoms with Gasteiger partial charge in [0.15, 0.2) is 0 Å². The molecule has 1 aromatic heterocycles. The van der Waals surface area contributed by atoms with Gasteiger partial charge in [0.25, 0.3) is 5.91 Å². The second-order valence-electron chi connectivity index (χ2n) is 14.0. The van der Waals surface area contributed by atoms with E-state index < -0.39 is 47.6 Å². The minimum absolute atomic E-state index is 0.0215. The maximum absolute atomic E-state index is 15.8. The number of anilines is 1. The molecule has 0 bridgehead atoms. The Hall–Kier alpha value is -3.84. The van der Waals surface area contributed by atoms with Gasteiger partial charge in [0.05, 0.1) is 5.69 Å². The Labute approximate surface area is 282 Å². The quantitative estimate of drug-likeness (QED) is 0.282. The number of carbonyl (C=O) groups is 4. The molecule has 13 heteroatoms. The number of nitrogens with one attached hydrogen (secondary N) is 3. The van der Waals surface area contributed by atoms with Crippen LogP contribution >= 0.6 is 0 Å². The number of halogens is 1. The lowest BCUT2D eigenvalue weighted by molar-refractivity contribution is -0.140. The molecule has 3 aliphatic rings. The number of hydrogen-bond donors (Lipinski definition) is 3. The SMILES string of the molecule is CO[C@@H](C)C(=O)N[C@@H](C(=O)N1CCN(C)CC1)[C@@H](C)c1ccc(NC(=O)[C@@H](NC(=O)c2ccnn2C(C)C)C(C2CC2)C2CC2)c(F)c1. The highest BCUT2D eigenvalue weighted by molar-refractivity contribution is 6.01. The normalized spacial score (nSPS) is 19.5. The molecule has 1 aliphatic heterocycles. The average Bonchev–Trinajstić information content (AvgIpc) is 4.02. The predicted octanol–water partition coefficient (Wildman–Crippen LogP) is 3.17. The molecule has 262 valence electrons. The first kappa shape index (κ1) is 35.5. The van der Waals surface area contributed by atoms with E-state index in [0.717, 1.165) is 25.7 Å². The second kappa shape index (κ2) is 15.1. The van der Waals surface area contributed by atoms with Crippen molar-refractivity contribution in [2.75, 3.05) is 45.7 Å². The van der Waals surface area contributed by atoms with Gasteiger partial charge in [-0.3, -0.25) is 23.9 Å². The van der Waals surface area contributed by atoms with Crippen LogP contribution in [0.2, 0.25) is 0 Å². The predicted molar refractivity (Wildman–Crippen MR) is 179 cm³/mol. The Morgan fingerprint density at radius 2 is 1.54 bits per heavy atom. The Balaban J connectivity index is 1.35. The van der Waals surface area contributed by atoms with Crippen LogP contribution in [0.5, 0.6) is 0 Å². The number of benzene rings is 1. The molecule has 12 nitrogen and oxygen atoms in total. The summed E-state index contributed by atoms with van der Waals surface area (Å²) in [4.78, 5) is 57.8. The molecule has 1 saturated heterocycles. The number of methoxy groups -OCH3 is 1. The van der Waals surface area contributed by atoms with E-state index in [-0.39, 0.29) is 23.6 Å². The highest BCUT2D eigenvalue weighted by atomic mass is 19.1. The van der Waals surface area contributed by atoms with E-state index in [2.05, 4.69) is 25.9 Å². The zero-order valence-corrected chi connectivity index (χ0v) is 28.9. The fourth-order valence-corrected chi connectivity index (χ4v) is 6.67. The molecule has 0 spiro atoms. The minimum atomic E-state index is -0.949. The molecule has 2 heterocycles. The maximum atomic E-state index is 15.8. The third-order valence-corrected chi connectivity index (χ3v) is 10.1. The standard InChI is InChI=1S/C35H50FN7O5/c1-20(2)43-28(13-14-37-43)33(45)40-31(29(23-7-8-23)24-9-10-24)34(46)38-27-12-11-25(19-26(27)36)21(3)30(39-32(44)22(4)48-6)35(47)42-17-15-41(5)16-18-42/h11-14,19-24,29-31H,7-10,15-18H2,1-6H3,(H,38,46)(H,39,44)(H,40,45)/t21-,22-,30+,31-/m0/s1. The molecule has 0 radical (unpaired) electrons. The first-order chi connectivity index (χ1) is 22.9. The number of rotatable bonds is 14. The molecule has 0 unspecified atom stereocenters. The van der Waals surface area contributed by atoms with Gasteiger partial charge >= 0.3 is 0 Å². The number of aromatic nitrogens is 2. The van der Waals surface area contributed by atoms with E-state index in [1.807, 2.05) is 20.9 Å². The zero-order valence-electron chi connectivity index (χ0n) is 28.9. The number of piperazine rings is 1. The lowest BCUT2D eigenvalue weighted by atomic mass is 9.88. The van der Waals surface area contributed by atoms with Crippen molar-refractivity contribution in [1.82, 2.24) is 30.2 Å². The van der Waals surface area contributed by atoms with Gasteiger partial charge in [-0.25, -0.2) is 4.39 Å². The van der Waals surface area contributed by atoms with Crippen molar-refractivity contribution >= 4 is 29.3 Å². The van der Waals surface area contributed by atoms with E-state index in [1.165, 1.54) is 19.2 Å². The summed E-state index contributed by atoms with van der Waals surface area (Å²) >= 11 is 0. The van der Waals surface area contributed by atoms with Crippen molar-refractivity contribution < 1.29 is 28.3 Å². The molecule has 4 atom stereocenters. The van der Waals surface area contributed by atoms with Crippen LogP contribution in [-0.2, 0) is 19.1 Å². The lowest BCUT2D eigenvalue weighted by Crippen LogP contribution is -2.56. The molecular weight excluding hydrogens is 617 g/mol. The Morgan fingerprint density at radius 1 is 0.896 bits per heavy atom. The number of hydrogen-bond acceptors (Lipinski definition) is 7. The zero-order chi connectivity index (χ0) is 34.7. The van der Waals surface area contributed by atoms with Crippen LogP contribution in [0.3, 0.4) is 0 Å². The van der Waals surface area contributed by atoms with E-state index >= 15 is 4.39 Å². The molecule has 2 aromatic rings. The number of likely N-dealkylation sites (N-methyl/N-ethyl adjacent to an activating group) is 1. The molecule has 2 saturated carbocycles. The highest BCUT2D eigenvalue weighted by Crippen LogP contribution is 2.51. The number of carbonyl (C=O) groups excluding carboxylic acids is 4. The highest BCUT2D eigenvalue weighted by Gasteiger charge is 2.48. The van der Waals surface area contributed by atoms with Crippen LogP contribution in [0.1, 0.15) is 81.4 Å². The van der Waals surface area contributed by atoms with E-state index in [1.54, 1.807) is 41.8 Å². The van der Waals surface area contributed by atoms with Crippen molar-refractivity contribution in [3.8, 4) is 0 Å². The molecule has 3 fully saturated rings. The van der Waals surface area contributed by atoms with Gasteiger partial charge in [0.2, 0.25) is 17.7 Å². The van der Waals surface area contributed by atoms with Crippen LogP contribution in [0, 0.1) is 23.6 Å². The van der Waals surface area contributed by atoms with Gasteiger partial charge in [-0.05, 0) is 95.0 Å². The van der Waals surface area contributed by atoms with Gasteiger partial charge in [-0.15, -0.1) is 0 Å². The van der Waals surface area contributed by atoms with Crippen LogP contribution in [0.25, 0.3) is 0 Å². The summed E-state index contributed by atoms with van der Waals surface area (Å²) in [7, 11) is 3.41. The molecule has 2 aliphatic carbocycles. The van der Waals surface area contributed by atoms with E-state index in [9.17, 15) is 19.2 Å². The Morgan fingerprint density at radius 3 is 2.10 bits per heavy atom. The van der Waals surface area contributed by atoms with Crippen LogP contribution < -0.4 is 16.0 Å². The second-order valence-corrected chi connectivity index (χ2v) is 14.0. The van der Waals surface area contributed by atoms with Crippen molar-refractivity contribution in [1.29, 1.82) is 0 Å². The summed E-state index contributed by atoms with van der Waals surface area (Å²) in [6, 6.07) is 4.24. The van der Waals surface area contributed by atoms with Crippen molar-refractivity contribution in [3.63, 3.8) is 0 Å². The van der Waals surface area contributed by atoms with E-state index in [4.69, 9.17) is 4.74 Å². The van der Waals surface area contributed by atoms with Gasteiger partial charge in [0.1, 0.15) is 29.7 Å². The number of nitrogens with zero attached hydrogens (tertiary/aromatic N) is 4. The first-order valence-corrected chi connectivity index (χ1v) is 17.1. The first-order valence-electron chi connectivity index (χ1n) is 17.1.